The van der Waals surface area contributed by atoms with E-state index >= 15 is 0 Å². The summed E-state index contributed by atoms with van der Waals surface area (Å²) < 4.78 is 0. The largest absolute Gasteiger partial charge is 0.357 e. The molecule has 1 aromatic heterocycles. The fourth-order valence-corrected chi connectivity index (χ4v) is 3.24. The van der Waals surface area contributed by atoms with Crippen LogP contribution in [-0.4, -0.2) is 30.2 Å². The van der Waals surface area contributed by atoms with Gasteiger partial charge >= 0.3 is 0 Å². The van der Waals surface area contributed by atoms with Crippen LogP contribution in [0.3, 0.4) is 0 Å². The summed E-state index contributed by atoms with van der Waals surface area (Å²) in [6.45, 7) is 2.28. The predicted molar refractivity (Wildman–Crippen MR) is 74.9 cm³/mol. The number of aromatic nitrogens is 1. The Labute approximate surface area is 110 Å². The van der Waals surface area contributed by atoms with Crippen molar-refractivity contribution in [3.8, 4) is 0 Å². The monoisotopic (exact) mass is 245 g/mol. The van der Waals surface area contributed by atoms with Gasteiger partial charge in [0.15, 0.2) is 0 Å². The molecule has 3 rings (SSSR count). The Morgan fingerprint density at radius 1 is 1.00 bits per heavy atom. The normalized spacial score (nSPS) is 22.6. The molecule has 3 nitrogen and oxygen atoms in total. The fourth-order valence-electron chi connectivity index (χ4n) is 3.24. The molecule has 2 heterocycles. The van der Waals surface area contributed by atoms with Gasteiger partial charge in [-0.1, -0.05) is 18.9 Å². The van der Waals surface area contributed by atoms with Gasteiger partial charge in [0.1, 0.15) is 5.82 Å². The molecule has 1 saturated heterocycles. The van der Waals surface area contributed by atoms with E-state index in [1.54, 1.807) is 0 Å². The number of piperidine rings is 1. The zero-order valence-electron chi connectivity index (χ0n) is 11.0. The van der Waals surface area contributed by atoms with E-state index in [2.05, 4.69) is 27.3 Å². The standard InChI is InChI=1S/C15H23N3/c1-2-6-13(5-1)17-14-8-11-18(12-9-14)15-7-3-4-10-16-15/h3-4,7,10,13-14,17H,1-2,5-6,8-9,11-12H2. The lowest BCUT2D eigenvalue weighted by Gasteiger charge is -2.34. The molecule has 98 valence electrons. The molecule has 2 fully saturated rings. The maximum Gasteiger partial charge on any atom is 0.128 e. The average molecular weight is 245 g/mol. The lowest BCUT2D eigenvalue weighted by atomic mass is 10.0. The molecule has 0 spiro atoms. The van der Waals surface area contributed by atoms with Crippen molar-refractivity contribution in [2.45, 2.75) is 50.6 Å². The lowest BCUT2D eigenvalue weighted by Crippen LogP contribution is -2.45. The highest BCUT2D eigenvalue weighted by atomic mass is 15.2. The van der Waals surface area contributed by atoms with Crippen molar-refractivity contribution in [2.24, 2.45) is 0 Å². The molecule has 2 aliphatic rings. The summed E-state index contributed by atoms with van der Waals surface area (Å²) in [5.41, 5.74) is 0. The number of pyridine rings is 1. The molecule has 1 aliphatic heterocycles. The molecule has 18 heavy (non-hydrogen) atoms. The van der Waals surface area contributed by atoms with Crippen LogP contribution in [0, 0.1) is 0 Å². The summed E-state index contributed by atoms with van der Waals surface area (Å²) in [5.74, 6) is 1.14. The Hall–Kier alpha value is -1.09. The van der Waals surface area contributed by atoms with Gasteiger partial charge in [0.25, 0.3) is 0 Å². The molecule has 3 heteroatoms. The predicted octanol–water partition coefficient (Wildman–Crippen LogP) is 2.58. The van der Waals surface area contributed by atoms with Crippen molar-refractivity contribution in [2.75, 3.05) is 18.0 Å². The Balaban J connectivity index is 1.49. The summed E-state index contributed by atoms with van der Waals surface area (Å²) in [6.07, 6.45) is 10.0. The summed E-state index contributed by atoms with van der Waals surface area (Å²) in [7, 11) is 0. The van der Waals surface area contributed by atoms with Crippen molar-refractivity contribution in [3.05, 3.63) is 24.4 Å². The van der Waals surface area contributed by atoms with Crippen LogP contribution in [0.5, 0.6) is 0 Å². The minimum atomic E-state index is 0.730. The topological polar surface area (TPSA) is 28.2 Å². The summed E-state index contributed by atoms with van der Waals surface area (Å²) in [5, 5.41) is 3.84. The molecule has 0 radical (unpaired) electrons. The number of hydrogen-bond donors (Lipinski definition) is 1. The third kappa shape index (κ3) is 2.83. The number of hydrogen-bond acceptors (Lipinski definition) is 3. The van der Waals surface area contributed by atoms with Crippen LogP contribution in [0.4, 0.5) is 5.82 Å². The molecular weight excluding hydrogens is 222 g/mol. The second kappa shape index (κ2) is 5.70. The Morgan fingerprint density at radius 3 is 2.39 bits per heavy atom. The minimum Gasteiger partial charge on any atom is -0.357 e. The molecule has 0 bridgehead atoms. The van der Waals surface area contributed by atoms with Gasteiger partial charge in [0, 0.05) is 31.4 Å². The third-order valence-electron chi connectivity index (χ3n) is 4.29. The molecule has 0 unspecified atom stereocenters. The van der Waals surface area contributed by atoms with E-state index in [9.17, 15) is 0 Å². The highest BCUT2D eigenvalue weighted by Crippen LogP contribution is 2.22. The minimum absolute atomic E-state index is 0.730. The van der Waals surface area contributed by atoms with Crippen molar-refractivity contribution in [1.29, 1.82) is 0 Å². The maximum absolute atomic E-state index is 4.44. The van der Waals surface area contributed by atoms with Crippen LogP contribution in [0.25, 0.3) is 0 Å². The first-order valence-corrected chi connectivity index (χ1v) is 7.34. The van der Waals surface area contributed by atoms with Gasteiger partial charge in [0.05, 0.1) is 0 Å². The highest BCUT2D eigenvalue weighted by molar-refractivity contribution is 5.38. The SMILES string of the molecule is c1ccc(N2CCC(NC3CCCC3)CC2)nc1. The van der Waals surface area contributed by atoms with E-state index in [-0.39, 0.29) is 0 Å². The molecular formula is C15H23N3. The molecule has 1 aromatic rings. The zero-order chi connectivity index (χ0) is 12.2. The van der Waals surface area contributed by atoms with Gasteiger partial charge in [0.2, 0.25) is 0 Å². The number of rotatable bonds is 3. The molecule has 0 aromatic carbocycles. The van der Waals surface area contributed by atoms with E-state index in [0.29, 0.717) is 0 Å². The lowest BCUT2D eigenvalue weighted by molar-refractivity contribution is 0.367. The summed E-state index contributed by atoms with van der Waals surface area (Å²) in [4.78, 5) is 6.85. The van der Waals surface area contributed by atoms with Crippen LogP contribution in [0.1, 0.15) is 38.5 Å². The van der Waals surface area contributed by atoms with Gasteiger partial charge in [-0.05, 0) is 37.8 Å². The number of nitrogens with one attached hydrogen (secondary N) is 1. The fraction of sp³-hybridized carbons (Fsp3) is 0.667. The summed E-state index contributed by atoms with van der Waals surface area (Å²) in [6, 6.07) is 7.71. The molecule has 0 atom stereocenters. The maximum atomic E-state index is 4.44. The van der Waals surface area contributed by atoms with Gasteiger partial charge in [-0.2, -0.15) is 0 Å². The quantitative estimate of drug-likeness (QED) is 0.887. The molecule has 0 amide bonds. The Morgan fingerprint density at radius 2 is 1.72 bits per heavy atom. The highest BCUT2D eigenvalue weighted by Gasteiger charge is 2.23. The molecule has 1 saturated carbocycles. The second-order valence-electron chi connectivity index (χ2n) is 5.60. The van der Waals surface area contributed by atoms with E-state index in [4.69, 9.17) is 0 Å². The number of anilines is 1. The van der Waals surface area contributed by atoms with Crippen LogP contribution >= 0.6 is 0 Å². The smallest absolute Gasteiger partial charge is 0.128 e. The average Bonchev–Trinajstić information content (AvgIpc) is 2.94. The first-order chi connectivity index (χ1) is 8.92. The van der Waals surface area contributed by atoms with Crippen LogP contribution in [0.15, 0.2) is 24.4 Å². The zero-order valence-corrected chi connectivity index (χ0v) is 11.0. The first kappa shape index (κ1) is 12.0. The third-order valence-corrected chi connectivity index (χ3v) is 4.29. The van der Waals surface area contributed by atoms with Gasteiger partial charge in [-0.15, -0.1) is 0 Å². The van der Waals surface area contributed by atoms with Crippen LogP contribution in [-0.2, 0) is 0 Å². The number of nitrogens with zero attached hydrogens (tertiary/aromatic N) is 2. The van der Waals surface area contributed by atoms with Gasteiger partial charge < -0.3 is 10.2 Å². The van der Waals surface area contributed by atoms with Gasteiger partial charge in [-0.3, -0.25) is 0 Å². The molecule has 1 aliphatic carbocycles. The van der Waals surface area contributed by atoms with Crippen LogP contribution < -0.4 is 10.2 Å². The molecule has 1 N–H and O–H groups in total. The van der Waals surface area contributed by atoms with Crippen molar-refractivity contribution in [1.82, 2.24) is 10.3 Å². The second-order valence-corrected chi connectivity index (χ2v) is 5.60. The van der Waals surface area contributed by atoms with E-state index < -0.39 is 0 Å². The van der Waals surface area contributed by atoms with E-state index in [1.165, 1.54) is 38.5 Å². The Kier molecular flexibility index (Phi) is 3.79. The summed E-state index contributed by atoms with van der Waals surface area (Å²) >= 11 is 0. The first-order valence-electron chi connectivity index (χ1n) is 7.34. The Bertz CT molecular complexity index is 351. The van der Waals surface area contributed by atoms with Crippen LogP contribution in [0.2, 0.25) is 0 Å². The van der Waals surface area contributed by atoms with E-state index in [1.807, 2.05) is 12.3 Å². The van der Waals surface area contributed by atoms with E-state index in [0.717, 1.165) is 31.0 Å². The van der Waals surface area contributed by atoms with Crippen molar-refractivity contribution in [3.63, 3.8) is 0 Å². The van der Waals surface area contributed by atoms with Gasteiger partial charge in [-0.25, -0.2) is 4.98 Å². The van der Waals surface area contributed by atoms with Crippen molar-refractivity contribution >= 4 is 5.82 Å². The van der Waals surface area contributed by atoms with Crippen molar-refractivity contribution < 1.29 is 0 Å².